The van der Waals surface area contributed by atoms with Crippen molar-refractivity contribution in [3.63, 3.8) is 0 Å². The lowest BCUT2D eigenvalue weighted by Gasteiger charge is -2.22. The van der Waals surface area contributed by atoms with Crippen molar-refractivity contribution in [1.29, 1.82) is 0 Å². The maximum Gasteiger partial charge on any atom is 0.149 e. The molecule has 16 heavy (non-hydrogen) atoms. The van der Waals surface area contributed by atoms with E-state index in [4.69, 9.17) is 0 Å². The first-order valence-electron chi connectivity index (χ1n) is 5.18. The van der Waals surface area contributed by atoms with Gasteiger partial charge in [0, 0.05) is 25.7 Å². The van der Waals surface area contributed by atoms with Crippen molar-refractivity contribution >= 4 is 18.1 Å². The Labute approximate surface area is 100 Å². The zero-order valence-corrected chi connectivity index (χ0v) is 9.70. The summed E-state index contributed by atoms with van der Waals surface area (Å²) < 4.78 is 26.2. The van der Waals surface area contributed by atoms with Crippen LogP contribution in [-0.2, 0) is 0 Å². The van der Waals surface area contributed by atoms with Crippen LogP contribution in [0.2, 0.25) is 0 Å². The van der Waals surface area contributed by atoms with Gasteiger partial charge in [-0.1, -0.05) is 0 Å². The highest BCUT2D eigenvalue weighted by atomic mass is 35.5. The average Bonchev–Trinajstić information content (AvgIpc) is 2.46. The second kappa shape index (κ2) is 6.01. The highest BCUT2D eigenvalue weighted by molar-refractivity contribution is 5.85. The van der Waals surface area contributed by atoms with Crippen molar-refractivity contribution in [2.45, 2.75) is 6.42 Å². The third-order valence-electron chi connectivity index (χ3n) is 2.59. The highest BCUT2D eigenvalue weighted by Crippen LogP contribution is 2.20. The number of benzene rings is 1. The van der Waals surface area contributed by atoms with E-state index in [-0.39, 0.29) is 12.4 Å². The monoisotopic (exact) mass is 248 g/mol. The third kappa shape index (κ3) is 3.06. The summed E-state index contributed by atoms with van der Waals surface area (Å²) in [6.07, 6.45) is 0.983. The van der Waals surface area contributed by atoms with Crippen LogP contribution in [0.3, 0.4) is 0 Å². The quantitative estimate of drug-likeness (QED) is 0.820. The van der Waals surface area contributed by atoms with Gasteiger partial charge >= 0.3 is 0 Å². The molecule has 0 unspecified atom stereocenters. The minimum absolute atomic E-state index is 0. The summed E-state index contributed by atoms with van der Waals surface area (Å²) >= 11 is 0. The molecule has 1 N–H and O–H groups in total. The van der Waals surface area contributed by atoms with E-state index in [0.717, 1.165) is 38.7 Å². The molecule has 0 bridgehead atoms. The van der Waals surface area contributed by atoms with E-state index in [2.05, 4.69) is 5.32 Å². The Morgan fingerprint density at radius 2 is 1.94 bits per heavy atom. The minimum atomic E-state index is -0.524. The number of nitrogens with one attached hydrogen (secondary N) is 1. The van der Waals surface area contributed by atoms with E-state index in [9.17, 15) is 8.78 Å². The van der Waals surface area contributed by atoms with E-state index in [0.29, 0.717) is 5.69 Å². The molecule has 1 aliphatic rings. The van der Waals surface area contributed by atoms with Gasteiger partial charge < -0.3 is 10.2 Å². The van der Waals surface area contributed by atoms with E-state index in [1.54, 1.807) is 0 Å². The number of halogens is 3. The summed E-state index contributed by atoms with van der Waals surface area (Å²) in [5.41, 5.74) is 0.500. The first-order valence-corrected chi connectivity index (χ1v) is 5.18. The van der Waals surface area contributed by atoms with Crippen LogP contribution in [0.1, 0.15) is 6.42 Å². The van der Waals surface area contributed by atoms with E-state index < -0.39 is 11.6 Å². The van der Waals surface area contributed by atoms with Crippen LogP contribution < -0.4 is 10.2 Å². The standard InChI is InChI=1S/C11H14F2N2.ClH/c12-9-2-3-11(10(13)8-9)15-6-1-4-14-5-7-15;/h2-3,8,14H,1,4-7H2;1H. The molecule has 0 radical (unpaired) electrons. The maximum absolute atomic E-state index is 13.5. The fourth-order valence-electron chi connectivity index (χ4n) is 1.82. The summed E-state index contributed by atoms with van der Waals surface area (Å²) in [4.78, 5) is 1.95. The van der Waals surface area contributed by atoms with Crippen molar-refractivity contribution < 1.29 is 8.78 Å². The number of nitrogens with zero attached hydrogens (tertiary/aromatic N) is 1. The summed E-state index contributed by atoms with van der Waals surface area (Å²) in [6.45, 7) is 3.38. The van der Waals surface area contributed by atoms with Gasteiger partial charge in [0.2, 0.25) is 0 Å². The number of hydrogen-bond donors (Lipinski definition) is 1. The molecule has 1 aliphatic heterocycles. The molecule has 0 saturated carbocycles. The Bertz CT molecular complexity index is 339. The van der Waals surface area contributed by atoms with Gasteiger partial charge in [0.05, 0.1) is 5.69 Å². The summed E-state index contributed by atoms with van der Waals surface area (Å²) in [5, 5.41) is 3.24. The van der Waals surface area contributed by atoms with Crippen molar-refractivity contribution in [2.75, 3.05) is 31.1 Å². The van der Waals surface area contributed by atoms with Gasteiger partial charge in [0.15, 0.2) is 0 Å². The minimum Gasteiger partial charge on any atom is -0.368 e. The molecule has 2 rings (SSSR count). The smallest absolute Gasteiger partial charge is 0.149 e. The summed E-state index contributed by atoms with van der Waals surface area (Å²) in [5.74, 6) is -0.999. The predicted molar refractivity (Wildman–Crippen MR) is 63.3 cm³/mol. The van der Waals surface area contributed by atoms with Gasteiger partial charge in [-0.3, -0.25) is 0 Å². The van der Waals surface area contributed by atoms with Gasteiger partial charge in [-0.05, 0) is 25.1 Å². The van der Waals surface area contributed by atoms with Crippen LogP contribution in [0.25, 0.3) is 0 Å². The molecular formula is C11H15ClF2N2. The van der Waals surface area contributed by atoms with Crippen LogP contribution in [-0.4, -0.2) is 26.2 Å². The fourth-order valence-corrected chi connectivity index (χ4v) is 1.82. The zero-order valence-electron chi connectivity index (χ0n) is 8.88. The van der Waals surface area contributed by atoms with Gasteiger partial charge in [-0.2, -0.15) is 0 Å². The number of anilines is 1. The fraction of sp³-hybridized carbons (Fsp3) is 0.455. The van der Waals surface area contributed by atoms with Gasteiger partial charge in [0.25, 0.3) is 0 Å². The number of hydrogen-bond acceptors (Lipinski definition) is 2. The average molecular weight is 249 g/mol. The van der Waals surface area contributed by atoms with E-state index in [1.807, 2.05) is 4.90 Å². The molecule has 1 fully saturated rings. The van der Waals surface area contributed by atoms with Gasteiger partial charge in [-0.15, -0.1) is 12.4 Å². The van der Waals surface area contributed by atoms with Gasteiger partial charge in [-0.25, -0.2) is 8.78 Å². The molecule has 0 amide bonds. The van der Waals surface area contributed by atoms with Crippen LogP contribution in [0.4, 0.5) is 14.5 Å². The first-order chi connectivity index (χ1) is 7.27. The first kappa shape index (κ1) is 13.2. The molecule has 0 spiro atoms. The SMILES string of the molecule is Cl.Fc1ccc(N2CCCNCC2)c(F)c1. The molecule has 0 aliphatic carbocycles. The summed E-state index contributed by atoms with van der Waals surface area (Å²) in [7, 11) is 0. The molecule has 0 aromatic heterocycles. The van der Waals surface area contributed by atoms with Crippen molar-refractivity contribution in [1.82, 2.24) is 5.32 Å². The molecule has 2 nitrogen and oxygen atoms in total. The molecule has 1 heterocycles. The Kier molecular flexibility index (Phi) is 4.96. The van der Waals surface area contributed by atoms with E-state index >= 15 is 0 Å². The second-order valence-electron chi connectivity index (χ2n) is 3.69. The number of rotatable bonds is 1. The van der Waals surface area contributed by atoms with Crippen molar-refractivity contribution in [2.24, 2.45) is 0 Å². The van der Waals surface area contributed by atoms with Crippen LogP contribution in [0, 0.1) is 11.6 Å². The van der Waals surface area contributed by atoms with Crippen LogP contribution in [0.15, 0.2) is 18.2 Å². The molecule has 90 valence electrons. The largest absolute Gasteiger partial charge is 0.368 e. The molecule has 1 aromatic rings. The van der Waals surface area contributed by atoms with Crippen molar-refractivity contribution in [3.05, 3.63) is 29.8 Å². The molecule has 1 aromatic carbocycles. The predicted octanol–water partition coefficient (Wildman–Crippen LogP) is 2.19. The molecule has 0 atom stereocenters. The maximum atomic E-state index is 13.5. The lowest BCUT2D eigenvalue weighted by atomic mass is 10.2. The lowest BCUT2D eigenvalue weighted by Crippen LogP contribution is -2.28. The van der Waals surface area contributed by atoms with Crippen molar-refractivity contribution in [3.8, 4) is 0 Å². The van der Waals surface area contributed by atoms with Crippen LogP contribution in [0.5, 0.6) is 0 Å². The third-order valence-corrected chi connectivity index (χ3v) is 2.59. The second-order valence-corrected chi connectivity index (χ2v) is 3.69. The normalized spacial score (nSPS) is 16.5. The molecular weight excluding hydrogens is 234 g/mol. The Morgan fingerprint density at radius 1 is 1.12 bits per heavy atom. The summed E-state index contributed by atoms with van der Waals surface area (Å²) in [6, 6.07) is 3.75. The highest BCUT2D eigenvalue weighted by Gasteiger charge is 2.13. The van der Waals surface area contributed by atoms with E-state index in [1.165, 1.54) is 12.1 Å². The molecule has 1 saturated heterocycles. The Balaban J connectivity index is 0.00000128. The van der Waals surface area contributed by atoms with Crippen LogP contribution >= 0.6 is 12.4 Å². The van der Waals surface area contributed by atoms with Gasteiger partial charge in [0.1, 0.15) is 11.6 Å². The Morgan fingerprint density at radius 3 is 2.69 bits per heavy atom. The Hall–Kier alpha value is -0.870. The zero-order chi connectivity index (χ0) is 10.7. The molecule has 5 heteroatoms. The lowest BCUT2D eigenvalue weighted by molar-refractivity contribution is 0.579. The topological polar surface area (TPSA) is 15.3 Å².